The van der Waals surface area contributed by atoms with Gasteiger partial charge in [0.2, 0.25) is 0 Å². The number of benzene rings is 2. The molecule has 0 aliphatic carbocycles. The number of hydrogen-bond donors (Lipinski definition) is 1. The lowest BCUT2D eigenvalue weighted by Crippen LogP contribution is -2.04. The minimum Gasteiger partial charge on any atom is -0.456 e. The molecule has 0 saturated heterocycles. The lowest BCUT2D eigenvalue weighted by atomic mass is 10.2. The van der Waals surface area contributed by atoms with Crippen molar-refractivity contribution in [1.29, 1.82) is 0 Å². The van der Waals surface area contributed by atoms with E-state index in [1.165, 1.54) is 6.07 Å². The van der Waals surface area contributed by atoms with Crippen molar-refractivity contribution >= 4 is 15.9 Å². The van der Waals surface area contributed by atoms with Gasteiger partial charge in [-0.05, 0) is 40.2 Å². The summed E-state index contributed by atoms with van der Waals surface area (Å²) in [5.74, 6) is 0.648. The van der Waals surface area contributed by atoms with E-state index in [4.69, 9.17) is 4.74 Å². The molecule has 1 N–H and O–H groups in total. The number of hydrogen-bond acceptors (Lipinski definition) is 2. The summed E-state index contributed by atoms with van der Waals surface area (Å²) in [6.45, 7) is -0.214. The highest BCUT2D eigenvalue weighted by Gasteiger charge is 2.31. The number of aliphatic hydroxyl groups excluding tert-OH is 1. The van der Waals surface area contributed by atoms with E-state index < -0.39 is 11.7 Å². The molecule has 2 rings (SSSR count). The second kappa shape index (κ2) is 5.85. The molecular weight excluding hydrogens is 337 g/mol. The highest BCUT2D eigenvalue weighted by molar-refractivity contribution is 9.10. The first kappa shape index (κ1) is 14.9. The average Bonchev–Trinajstić information content (AvgIpc) is 2.40. The second-order valence-corrected chi connectivity index (χ2v) is 4.87. The molecule has 0 aromatic heterocycles. The minimum atomic E-state index is -4.40. The number of ether oxygens (including phenoxy) is 1. The largest absolute Gasteiger partial charge is 0.456 e. The number of halogens is 4. The van der Waals surface area contributed by atoms with Crippen molar-refractivity contribution in [3.05, 3.63) is 58.1 Å². The van der Waals surface area contributed by atoms with Crippen molar-refractivity contribution in [2.75, 3.05) is 0 Å². The maximum absolute atomic E-state index is 12.6. The molecular formula is C14H10BrF3O2. The first-order valence-corrected chi connectivity index (χ1v) is 6.44. The Labute approximate surface area is 121 Å². The summed E-state index contributed by atoms with van der Waals surface area (Å²) in [7, 11) is 0. The Bertz CT molecular complexity index is 612. The van der Waals surface area contributed by atoms with Gasteiger partial charge in [-0.1, -0.05) is 18.2 Å². The van der Waals surface area contributed by atoms with Gasteiger partial charge in [-0.3, -0.25) is 0 Å². The van der Waals surface area contributed by atoms with E-state index in [1.807, 2.05) is 0 Å². The normalized spacial score (nSPS) is 11.4. The van der Waals surface area contributed by atoms with Gasteiger partial charge in [0.25, 0.3) is 0 Å². The highest BCUT2D eigenvalue weighted by atomic mass is 79.9. The van der Waals surface area contributed by atoms with E-state index >= 15 is 0 Å². The van der Waals surface area contributed by atoms with Gasteiger partial charge in [0.15, 0.2) is 0 Å². The zero-order valence-corrected chi connectivity index (χ0v) is 11.7. The third-order valence-corrected chi connectivity index (χ3v) is 3.24. The van der Waals surface area contributed by atoms with E-state index in [2.05, 4.69) is 15.9 Å². The standard InChI is InChI=1S/C14H10BrF3O2/c15-11-7-10(14(16,17)18)5-6-13(11)20-12-4-2-1-3-9(12)8-19/h1-7,19H,8H2. The Hall–Kier alpha value is -1.53. The van der Waals surface area contributed by atoms with Crippen LogP contribution < -0.4 is 4.74 Å². The van der Waals surface area contributed by atoms with Crippen molar-refractivity contribution in [3.63, 3.8) is 0 Å². The van der Waals surface area contributed by atoms with Gasteiger partial charge >= 0.3 is 6.18 Å². The van der Waals surface area contributed by atoms with Gasteiger partial charge in [-0.25, -0.2) is 0 Å². The number of alkyl halides is 3. The summed E-state index contributed by atoms with van der Waals surface area (Å²) >= 11 is 3.06. The van der Waals surface area contributed by atoms with Crippen molar-refractivity contribution in [2.24, 2.45) is 0 Å². The van der Waals surface area contributed by atoms with Crippen LogP contribution in [0, 0.1) is 0 Å². The van der Waals surface area contributed by atoms with Crippen molar-refractivity contribution < 1.29 is 23.0 Å². The van der Waals surface area contributed by atoms with E-state index in [9.17, 15) is 18.3 Å². The summed E-state index contributed by atoms with van der Waals surface area (Å²) in [4.78, 5) is 0. The summed E-state index contributed by atoms with van der Waals surface area (Å²) in [5, 5.41) is 9.18. The van der Waals surface area contributed by atoms with Crippen LogP contribution in [0.3, 0.4) is 0 Å². The number of rotatable bonds is 3. The minimum absolute atomic E-state index is 0.195. The molecule has 0 amide bonds. The Balaban J connectivity index is 2.31. The smallest absolute Gasteiger partial charge is 0.416 e. The van der Waals surface area contributed by atoms with E-state index in [-0.39, 0.29) is 16.8 Å². The summed E-state index contributed by atoms with van der Waals surface area (Å²) in [6, 6.07) is 9.90. The molecule has 0 unspecified atom stereocenters. The Morgan fingerprint density at radius 1 is 1.05 bits per heavy atom. The molecule has 0 bridgehead atoms. The summed E-state index contributed by atoms with van der Waals surface area (Å²) in [6.07, 6.45) is -4.40. The monoisotopic (exact) mass is 346 g/mol. The van der Waals surface area contributed by atoms with Crippen LogP contribution >= 0.6 is 15.9 Å². The topological polar surface area (TPSA) is 29.5 Å². The van der Waals surface area contributed by atoms with Crippen molar-refractivity contribution in [2.45, 2.75) is 12.8 Å². The van der Waals surface area contributed by atoms with Crippen LogP contribution in [0.15, 0.2) is 46.9 Å². The summed E-state index contributed by atoms with van der Waals surface area (Å²) in [5.41, 5.74) is -0.202. The molecule has 0 radical (unpaired) electrons. The quantitative estimate of drug-likeness (QED) is 0.868. The molecule has 0 aliphatic heterocycles. The molecule has 2 aromatic carbocycles. The lowest BCUT2D eigenvalue weighted by molar-refractivity contribution is -0.137. The van der Waals surface area contributed by atoms with Gasteiger partial charge < -0.3 is 9.84 Å². The second-order valence-electron chi connectivity index (χ2n) is 4.01. The molecule has 0 aliphatic rings. The Kier molecular flexibility index (Phi) is 4.35. The highest BCUT2D eigenvalue weighted by Crippen LogP contribution is 2.37. The van der Waals surface area contributed by atoms with E-state index in [0.717, 1.165) is 12.1 Å². The van der Waals surface area contributed by atoms with Crippen LogP contribution in [-0.2, 0) is 12.8 Å². The maximum atomic E-state index is 12.6. The zero-order valence-electron chi connectivity index (χ0n) is 10.1. The molecule has 6 heteroatoms. The van der Waals surface area contributed by atoms with Crippen molar-refractivity contribution in [1.82, 2.24) is 0 Å². The fraction of sp³-hybridized carbons (Fsp3) is 0.143. The maximum Gasteiger partial charge on any atom is 0.416 e. The first-order chi connectivity index (χ1) is 9.41. The van der Waals surface area contributed by atoms with Crippen LogP contribution in [0.1, 0.15) is 11.1 Å². The van der Waals surface area contributed by atoms with Gasteiger partial charge in [0.1, 0.15) is 11.5 Å². The molecule has 0 saturated carbocycles. The third-order valence-electron chi connectivity index (χ3n) is 2.62. The van der Waals surface area contributed by atoms with Crippen LogP contribution in [0.25, 0.3) is 0 Å². The fourth-order valence-corrected chi connectivity index (χ4v) is 2.07. The van der Waals surface area contributed by atoms with Crippen molar-refractivity contribution in [3.8, 4) is 11.5 Å². The predicted molar refractivity (Wildman–Crippen MR) is 71.6 cm³/mol. The third kappa shape index (κ3) is 3.32. The Morgan fingerprint density at radius 2 is 1.75 bits per heavy atom. The molecule has 0 fully saturated rings. The van der Waals surface area contributed by atoms with Gasteiger partial charge in [-0.2, -0.15) is 13.2 Å². The Morgan fingerprint density at radius 3 is 2.35 bits per heavy atom. The molecule has 106 valence electrons. The van der Waals surface area contributed by atoms with Gasteiger partial charge in [0.05, 0.1) is 16.6 Å². The molecule has 0 atom stereocenters. The zero-order chi connectivity index (χ0) is 14.8. The predicted octanol–water partition coefficient (Wildman–Crippen LogP) is 4.75. The number of para-hydroxylation sites is 1. The van der Waals surface area contributed by atoms with Crippen LogP contribution in [0.2, 0.25) is 0 Å². The summed E-state index contributed by atoms with van der Waals surface area (Å²) < 4.78 is 43.4. The number of aliphatic hydroxyl groups is 1. The van der Waals surface area contributed by atoms with Crippen LogP contribution in [-0.4, -0.2) is 5.11 Å². The lowest BCUT2D eigenvalue weighted by Gasteiger charge is -2.13. The van der Waals surface area contributed by atoms with Crippen LogP contribution in [0.5, 0.6) is 11.5 Å². The van der Waals surface area contributed by atoms with E-state index in [0.29, 0.717) is 11.3 Å². The fourth-order valence-electron chi connectivity index (χ4n) is 1.61. The van der Waals surface area contributed by atoms with Gasteiger partial charge in [-0.15, -0.1) is 0 Å². The average molecular weight is 347 g/mol. The molecule has 20 heavy (non-hydrogen) atoms. The molecule has 2 aromatic rings. The molecule has 2 nitrogen and oxygen atoms in total. The van der Waals surface area contributed by atoms with Crippen LogP contribution in [0.4, 0.5) is 13.2 Å². The first-order valence-electron chi connectivity index (χ1n) is 5.65. The van der Waals surface area contributed by atoms with E-state index in [1.54, 1.807) is 24.3 Å². The molecule has 0 heterocycles. The molecule has 0 spiro atoms. The SMILES string of the molecule is OCc1ccccc1Oc1ccc(C(F)(F)F)cc1Br. The van der Waals surface area contributed by atoms with Gasteiger partial charge in [0, 0.05) is 5.56 Å².